The summed E-state index contributed by atoms with van der Waals surface area (Å²) < 4.78 is 0. The smallest absolute Gasteiger partial charge is 0.229 e. The first-order valence-corrected chi connectivity index (χ1v) is 9.88. The molecule has 1 fully saturated rings. The Morgan fingerprint density at radius 1 is 1.12 bits per heavy atom. The maximum Gasteiger partial charge on any atom is 0.229 e. The second-order valence-corrected chi connectivity index (χ2v) is 9.15. The van der Waals surface area contributed by atoms with Crippen molar-refractivity contribution in [2.75, 3.05) is 43.4 Å². The van der Waals surface area contributed by atoms with E-state index in [4.69, 9.17) is 4.98 Å². The van der Waals surface area contributed by atoms with Gasteiger partial charge in [-0.15, -0.1) is 11.3 Å². The number of rotatable bonds is 3. The molecule has 2 heterocycles. The van der Waals surface area contributed by atoms with E-state index >= 15 is 0 Å². The fraction of sp³-hybridized carbons (Fsp3) is 0.500. The number of nitrogens with one attached hydrogen (secondary N) is 1. The molecule has 0 unspecified atom stereocenters. The van der Waals surface area contributed by atoms with Crippen molar-refractivity contribution >= 4 is 28.1 Å². The van der Waals surface area contributed by atoms with Crippen molar-refractivity contribution in [1.82, 2.24) is 9.88 Å². The van der Waals surface area contributed by atoms with Crippen LogP contribution in [0, 0.1) is 12.3 Å². The number of hydrogen-bond acceptors (Lipinski definition) is 5. The number of carbonyl (C=O) groups is 1. The number of hydrogen-bond donors (Lipinski definition) is 1. The molecule has 0 saturated carbocycles. The average Bonchev–Trinajstić information content (AvgIpc) is 2.97. The number of aryl methyl sites for hydroxylation is 1. The molecule has 1 aromatic carbocycles. The van der Waals surface area contributed by atoms with Crippen LogP contribution in [0.1, 0.15) is 25.6 Å². The largest absolute Gasteiger partial charge is 0.346 e. The van der Waals surface area contributed by atoms with Gasteiger partial charge >= 0.3 is 0 Å². The van der Waals surface area contributed by atoms with Crippen LogP contribution in [0.25, 0.3) is 11.3 Å². The van der Waals surface area contributed by atoms with Crippen molar-refractivity contribution in [3.63, 3.8) is 0 Å². The van der Waals surface area contributed by atoms with Crippen LogP contribution in [-0.2, 0) is 4.79 Å². The molecule has 3 rings (SSSR count). The number of piperazine rings is 1. The number of likely N-dealkylation sites (N-methyl/N-ethyl adjacent to an activating group) is 1. The van der Waals surface area contributed by atoms with Crippen LogP contribution < -0.4 is 10.2 Å². The molecule has 1 saturated heterocycles. The third-order valence-electron chi connectivity index (χ3n) is 4.66. The lowest BCUT2D eigenvalue weighted by atomic mass is 9.95. The minimum atomic E-state index is -0.401. The van der Waals surface area contributed by atoms with Crippen molar-refractivity contribution < 1.29 is 4.79 Å². The Hall–Kier alpha value is -1.92. The van der Waals surface area contributed by atoms with Crippen LogP contribution in [0.15, 0.2) is 24.3 Å². The third kappa shape index (κ3) is 4.24. The van der Waals surface area contributed by atoms with Crippen molar-refractivity contribution in [3.8, 4) is 11.3 Å². The zero-order valence-corrected chi connectivity index (χ0v) is 17.1. The van der Waals surface area contributed by atoms with Gasteiger partial charge in [0.1, 0.15) is 0 Å². The SMILES string of the molecule is Cc1sc(N2CCN(C)CC2)nc1-c1ccc(NC(=O)C(C)(C)C)cc1. The van der Waals surface area contributed by atoms with E-state index in [1.807, 2.05) is 45.0 Å². The van der Waals surface area contributed by atoms with Crippen molar-refractivity contribution in [3.05, 3.63) is 29.1 Å². The van der Waals surface area contributed by atoms with Crippen molar-refractivity contribution in [2.45, 2.75) is 27.7 Å². The Labute approximate surface area is 160 Å². The Bertz CT molecular complexity index is 768. The molecule has 1 aliphatic rings. The van der Waals surface area contributed by atoms with Crippen LogP contribution in [0.5, 0.6) is 0 Å². The maximum atomic E-state index is 12.1. The first-order chi connectivity index (χ1) is 12.2. The molecule has 1 amide bonds. The van der Waals surface area contributed by atoms with Crippen LogP contribution >= 0.6 is 11.3 Å². The van der Waals surface area contributed by atoms with Gasteiger partial charge in [-0.25, -0.2) is 4.98 Å². The molecule has 5 nitrogen and oxygen atoms in total. The van der Waals surface area contributed by atoms with Crippen LogP contribution in [0.3, 0.4) is 0 Å². The molecular formula is C20H28N4OS. The summed E-state index contributed by atoms with van der Waals surface area (Å²) in [5, 5.41) is 4.07. The molecule has 2 aromatic rings. The number of amides is 1. The lowest BCUT2D eigenvalue weighted by Crippen LogP contribution is -2.44. The van der Waals surface area contributed by atoms with Crippen LogP contribution in [0.4, 0.5) is 10.8 Å². The summed E-state index contributed by atoms with van der Waals surface area (Å²) in [6.07, 6.45) is 0. The molecule has 1 aromatic heterocycles. The number of aromatic nitrogens is 1. The molecule has 0 atom stereocenters. The fourth-order valence-corrected chi connectivity index (χ4v) is 3.80. The van der Waals surface area contributed by atoms with E-state index in [1.54, 1.807) is 11.3 Å². The number of anilines is 2. The highest BCUT2D eigenvalue weighted by Gasteiger charge is 2.22. The summed E-state index contributed by atoms with van der Waals surface area (Å²) in [4.78, 5) is 23.0. The Morgan fingerprint density at radius 2 is 1.73 bits per heavy atom. The first kappa shape index (κ1) is 18.9. The average molecular weight is 373 g/mol. The predicted octanol–water partition coefficient (Wildman–Crippen LogP) is 3.85. The maximum absolute atomic E-state index is 12.1. The highest BCUT2D eigenvalue weighted by molar-refractivity contribution is 7.16. The number of nitrogens with zero attached hydrogens (tertiary/aromatic N) is 3. The third-order valence-corrected chi connectivity index (χ3v) is 5.69. The van der Waals surface area contributed by atoms with E-state index in [1.165, 1.54) is 4.88 Å². The van der Waals surface area contributed by atoms with E-state index in [2.05, 4.69) is 29.1 Å². The Kier molecular flexibility index (Phi) is 5.34. The van der Waals surface area contributed by atoms with Gasteiger partial charge in [0.2, 0.25) is 5.91 Å². The number of benzene rings is 1. The zero-order valence-electron chi connectivity index (χ0n) is 16.3. The molecule has 0 bridgehead atoms. The van der Waals surface area contributed by atoms with Crippen LogP contribution in [-0.4, -0.2) is 49.0 Å². The quantitative estimate of drug-likeness (QED) is 0.889. The summed E-state index contributed by atoms with van der Waals surface area (Å²) in [5.41, 5.74) is 2.55. The molecule has 1 aliphatic heterocycles. The van der Waals surface area contributed by atoms with E-state index in [-0.39, 0.29) is 5.91 Å². The van der Waals surface area contributed by atoms with Gasteiger partial charge in [0, 0.05) is 47.7 Å². The van der Waals surface area contributed by atoms with Gasteiger partial charge in [0.15, 0.2) is 5.13 Å². The van der Waals surface area contributed by atoms with Gasteiger partial charge in [0.05, 0.1) is 5.69 Å². The van der Waals surface area contributed by atoms with Gasteiger partial charge in [-0.05, 0) is 26.1 Å². The number of thiazole rings is 1. The molecule has 0 radical (unpaired) electrons. The topological polar surface area (TPSA) is 48.5 Å². The van der Waals surface area contributed by atoms with E-state index < -0.39 is 5.41 Å². The lowest BCUT2D eigenvalue weighted by molar-refractivity contribution is -0.123. The Morgan fingerprint density at radius 3 is 2.31 bits per heavy atom. The van der Waals surface area contributed by atoms with Gasteiger partial charge in [0.25, 0.3) is 0 Å². The molecule has 6 heteroatoms. The summed E-state index contributed by atoms with van der Waals surface area (Å²) in [5.74, 6) is 0.0208. The molecule has 0 spiro atoms. The Balaban J connectivity index is 1.74. The summed E-state index contributed by atoms with van der Waals surface area (Å²) in [6, 6.07) is 7.97. The van der Waals surface area contributed by atoms with Crippen molar-refractivity contribution in [1.29, 1.82) is 0 Å². The molecule has 0 aliphatic carbocycles. The van der Waals surface area contributed by atoms with Gasteiger partial charge in [-0.1, -0.05) is 32.9 Å². The summed E-state index contributed by atoms with van der Waals surface area (Å²) >= 11 is 1.76. The van der Waals surface area contributed by atoms with Gasteiger partial charge in [-0.3, -0.25) is 4.79 Å². The first-order valence-electron chi connectivity index (χ1n) is 9.07. The second kappa shape index (κ2) is 7.37. The summed E-state index contributed by atoms with van der Waals surface area (Å²) in [7, 11) is 2.16. The normalized spacial score (nSPS) is 16.0. The van der Waals surface area contributed by atoms with Gasteiger partial charge in [-0.2, -0.15) is 0 Å². The predicted molar refractivity (Wildman–Crippen MR) is 110 cm³/mol. The van der Waals surface area contributed by atoms with Crippen LogP contribution in [0.2, 0.25) is 0 Å². The highest BCUT2D eigenvalue weighted by Crippen LogP contribution is 2.33. The second-order valence-electron chi connectivity index (χ2n) is 7.97. The summed E-state index contributed by atoms with van der Waals surface area (Å²) in [6.45, 7) is 12.1. The molecule has 26 heavy (non-hydrogen) atoms. The zero-order chi connectivity index (χ0) is 18.9. The standard InChI is InChI=1S/C20H28N4OS/c1-14-17(22-19(26-14)24-12-10-23(5)11-13-24)15-6-8-16(9-7-15)21-18(25)20(2,3)4/h6-9H,10-13H2,1-5H3,(H,21,25). The number of carbonyl (C=O) groups excluding carboxylic acids is 1. The van der Waals surface area contributed by atoms with Gasteiger partial charge < -0.3 is 15.1 Å². The lowest BCUT2D eigenvalue weighted by Gasteiger charge is -2.32. The minimum absolute atomic E-state index is 0.0208. The van der Waals surface area contributed by atoms with E-state index in [9.17, 15) is 4.79 Å². The fourth-order valence-electron chi connectivity index (χ4n) is 2.81. The van der Waals surface area contributed by atoms with E-state index in [0.29, 0.717) is 0 Å². The minimum Gasteiger partial charge on any atom is -0.346 e. The molecule has 140 valence electrons. The molecule has 1 N–H and O–H groups in total. The molecular weight excluding hydrogens is 344 g/mol. The monoisotopic (exact) mass is 372 g/mol. The van der Waals surface area contributed by atoms with Crippen molar-refractivity contribution in [2.24, 2.45) is 5.41 Å². The highest BCUT2D eigenvalue weighted by atomic mass is 32.1. The van der Waals surface area contributed by atoms with E-state index in [0.717, 1.165) is 48.3 Å².